The van der Waals surface area contributed by atoms with Gasteiger partial charge in [0.2, 0.25) is 5.76 Å². The summed E-state index contributed by atoms with van der Waals surface area (Å²) in [7, 11) is 0. The standard InChI is InChI=1S/C15H17NO3/c1-10-8-13(19-14(10)15(17)18)9-16-11(2)12-6-4-3-5-7-12/h3-8,11,16H,9H2,1-2H3,(H,17,18). The second-order valence-electron chi connectivity index (χ2n) is 4.54. The Hall–Kier alpha value is -2.07. The molecule has 0 aliphatic heterocycles. The van der Waals surface area contributed by atoms with Gasteiger partial charge in [-0.2, -0.15) is 0 Å². The molecule has 2 aromatic rings. The normalized spacial score (nSPS) is 12.3. The maximum Gasteiger partial charge on any atom is 0.372 e. The largest absolute Gasteiger partial charge is 0.475 e. The van der Waals surface area contributed by atoms with Crippen LogP contribution in [0.25, 0.3) is 0 Å². The number of nitrogens with one attached hydrogen (secondary N) is 1. The van der Waals surface area contributed by atoms with Crippen LogP contribution in [0, 0.1) is 6.92 Å². The Balaban J connectivity index is 1.99. The summed E-state index contributed by atoms with van der Waals surface area (Å²) in [6.07, 6.45) is 0. The number of carboxylic acid groups (broad SMARTS) is 1. The highest BCUT2D eigenvalue weighted by molar-refractivity contribution is 5.86. The van der Waals surface area contributed by atoms with Crippen molar-refractivity contribution in [1.82, 2.24) is 5.32 Å². The lowest BCUT2D eigenvalue weighted by atomic mass is 10.1. The minimum Gasteiger partial charge on any atom is -0.475 e. The van der Waals surface area contributed by atoms with E-state index < -0.39 is 5.97 Å². The van der Waals surface area contributed by atoms with E-state index in [1.165, 1.54) is 5.56 Å². The van der Waals surface area contributed by atoms with Crippen LogP contribution in [0.1, 0.15) is 40.4 Å². The molecule has 0 spiro atoms. The first kappa shape index (κ1) is 13.4. The Labute approximate surface area is 112 Å². The minimum absolute atomic E-state index is 0.0177. The molecule has 0 amide bonds. The van der Waals surface area contributed by atoms with Gasteiger partial charge in [0, 0.05) is 11.6 Å². The van der Waals surface area contributed by atoms with Gasteiger partial charge in [0.1, 0.15) is 5.76 Å². The summed E-state index contributed by atoms with van der Waals surface area (Å²) in [5.41, 5.74) is 1.83. The van der Waals surface area contributed by atoms with Crippen LogP contribution in [0.5, 0.6) is 0 Å². The Bertz CT molecular complexity index is 560. The van der Waals surface area contributed by atoms with E-state index in [0.29, 0.717) is 17.9 Å². The molecule has 0 saturated carbocycles. The maximum atomic E-state index is 10.9. The first-order valence-corrected chi connectivity index (χ1v) is 6.19. The van der Waals surface area contributed by atoms with Crippen molar-refractivity contribution in [1.29, 1.82) is 0 Å². The summed E-state index contributed by atoms with van der Waals surface area (Å²) in [6.45, 7) is 4.30. The van der Waals surface area contributed by atoms with Crippen molar-refractivity contribution >= 4 is 5.97 Å². The molecular weight excluding hydrogens is 242 g/mol. The van der Waals surface area contributed by atoms with Gasteiger partial charge in [0.25, 0.3) is 0 Å². The number of aryl methyl sites for hydroxylation is 1. The van der Waals surface area contributed by atoms with Crippen LogP contribution < -0.4 is 5.32 Å². The van der Waals surface area contributed by atoms with E-state index in [9.17, 15) is 4.79 Å². The third-order valence-electron chi connectivity index (χ3n) is 3.05. The highest BCUT2D eigenvalue weighted by Gasteiger charge is 2.14. The second kappa shape index (κ2) is 5.71. The zero-order valence-electron chi connectivity index (χ0n) is 11.0. The third kappa shape index (κ3) is 3.23. The molecule has 1 aromatic carbocycles. The van der Waals surface area contributed by atoms with Crippen molar-refractivity contribution in [3.63, 3.8) is 0 Å². The smallest absolute Gasteiger partial charge is 0.372 e. The molecular formula is C15H17NO3. The molecule has 2 N–H and O–H groups in total. The number of rotatable bonds is 5. The van der Waals surface area contributed by atoms with Gasteiger partial charge in [-0.15, -0.1) is 0 Å². The molecule has 1 aromatic heterocycles. The predicted octanol–water partition coefficient (Wildman–Crippen LogP) is 3.14. The summed E-state index contributed by atoms with van der Waals surface area (Å²) in [5.74, 6) is -0.373. The fourth-order valence-electron chi connectivity index (χ4n) is 1.96. The van der Waals surface area contributed by atoms with Crippen molar-refractivity contribution in [2.24, 2.45) is 0 Å². The van der Waals surface area contributed by atoms with Gasteiger partial charge < -0.3 is 14.8 Å². The van der Waals surface area contributed by atoms with E-state index >= 15 is 0 Å². The predicted molar refractivity (Wildman–Crippen MR) is 72.1 cm³/mol. The van der Waals surface area contributed by atoms with Gasteiger partial charge in [-0.05, 0) is 25.5 Å². The van der Waals surface area contributed by atoms with Crippen molar-refractivity contribution in [2.75, 3.05) is 0 Å². The fourth-order valence-corrected chi connectivity index (χ4v) is 1.96. The Kier molecular flexibility index (Phi) is 4.02. The van der Waals surface area contributed by atoms with Gasteiger partial charge >= 0.3 is 5.97 Å². The number of furan rings is 1. The summed E-state index contributed by atoms with van der Waals surface area (Å²) < 4.78 is 5.30. The average Bonchev–Trinajstić information content (AvgIpc) is 2.78. The molecule has 4 nitrogen and oxygen atoms in total. The molecule has 1 heterocycles. The lowest BCUT2D eigenvalue weighted by Crippen LogP contribution is -2.17. The van der Waals surface area contributed by atoms with Crippen molar-refractivity contribution < 1.29 is 14.3 Å². The van der Waals surface area contributed by atoms with E-state index in [0.717, 1.165) is 0 Å². The molecule has 1 unspecified atom stereocenters. The lowest BCUT2D eigenvalue weighted by molar-refractivity contribution is 0.0659. The zero-order valence-corrected chi connectivity index (χ0v) is 11.0. The Morgan fingerprint density at radius 2 is 2.05 bits per heavy atom. The van der Waals surface area contributed by atoms with Crippen LogP contribution in [0.2, 0.25) is 0 Å². The Morgan fingerprint density at radius 3 is 2.63 bits per heavy atom. The first-order chi connectivity index (χ1) is 9.08. The van der Waals surface area contributed by atoms with Gasteiger partial charge in [-0.25, -0.2) is 4.79 Å². The van der Waals surface area contributed by atoms with Crippen LogP contribution in [-0.4, -0.2) is 11.1 Å². The number of benzene rings is 1. The molecule has 0 bridgehead atoms. The van der Waals surface area contributed by atoms with E-state index in [1.807, 2.05) is 30.3 Å². The first-order valence-electron chi connectivity index (χ1n) is 6.19. The van der Waals surface area contributed by atoms with E-state index in [4.69, 9.17) is 9.52 Å². The summed E-state index contributed by atoms with van der Waals surface area (Å²) in [5, 5.41) is 12.2. The number of hydrogen-bond acceptors (Lipinski definition) is 3. The van der Waals surface area contributed by atoms with Gasteiger partial charge in [0.15, 0.2) is 0 Å². The molecule has 0 saturated heterocycles. The molecule has 1 atom stereocenters. The molecule has 100 valence electrons. The monoisotopic (exact) mass is 259 g/mol. The van der Waals surface area contributed by atoms with Crippen molar-refractivity contribution in [3.8, 4) is 0 Å². The third-order valence-corrected chi connectivity index (χ3v) is 3.05. The van der Waals surface area contributed by atoms with E-state index in [2.05, 4.69) is 12.2 Å². The number of carbonyl (C=O) groups is 1. The van der Waals surface area contributed by atoms with Crippen molar-refractivity contribution in [2.45, 2.75) is 26.4 Å². The highest BCUT2D eigenvalue weighted by Crippen LogP contribution is 2.16. The van der Waals surface area contributed by atoms with Crippen LogP contribution in [-0.2, 0) is 6.54 Å². The summed E-state index contributed by atoms with van der Waals surface area (Å²) in [6, 6.07) is 12.0. The zero-order chi connectivity index (χ0) is 13.8. The molecule has 0 fully saturated rings. The summed E-state index contributed by atoms with van der Waals surface area (Å²) in [4.78, 5) is 10.9. The van der Waals surface area contributed by atoms with Gasteiger partial charge in [0.05, 0.1) is 6.54 Å². The van der Waals surface area contributed by atoms with Gasteiger partial charge in [-0.3, -0.25) is 0 Å². The molecule has 2 rings (SSSR count). The van der Waals surface area contributed by atoms with Crippen LogP contribution in [0.15, 0.2) is 40.8 Å². The average molecular weight is 259 g/mol. The fraction of sp³-hybridized carbons (Fsp3) is 0.267. The highest BCUT2D eigenvalue weighted by atomic mass is 16.4. The van der Waals surface area contributed by atoms with Crippen molar-refractivity contribution in [3.05, 3.63) is 59.0 Å². The van der Waals surface area contributed by atoms with Crippen LogP contribution >= 0.6 is 0 Å². The number of aromatic carboxylic acids is 1. The van der Waals surface area contributed by atoms with E-state index in [-0.39, 0.29) is 11.8 Å². The molecule has 19 heavy (non-hydrogen) atoms. The van der Waals surface area contributed by atoms with E-state index in [1.54, 1.807) is 13.0 Å². The number of carboxylic acids is 1. The lowest BCUT2D eigenvalue weighted by Gasteiger charge is -2.12. The SMILES string of the molecule is Cc1cc(CNC(C)c2ccccc2)oc1C(=O)O. The van der Waals surface area contributed by atoms with Crippen LogP contribution in [0.3, 0.4) is 0 Å². The Morgan fingerprint density at radius 1 is 1.37 bits per heavy atom. The quantitative estimate of drug-likeness (QED) is 0.866. The minimum atomic E-state index is -1.03. The molecule has 0 radical (unpaired) electrons. The summed E-state index contributed by atoms with van der Waals surface area (Å²) >= 11 is 0. The van der Waals surface area contributed by atoms with Gasteiger partial charge in [-0.1, -0.05) is 30.3 Å². The number of hydrogen-bond donors (Lipinski definition) is 2. The molecule has 4 heteroatoms. The maximum absolute atomic E-state index is 10.9. The molecule has 0 aliphatic rings. The molecule has 0 aliphatic carbocycles. The topological polar surface area (TPSA) is 62.5 Å². The van der Waals surface area contributed by atoms with Crippen LogP contribution in [0.4, 0.5) is 0 Å². The second-order valence-corrected chi connectivity index (χ2v) is 4.54.